The minimum absolute atomic E-state index is 0.0216. The van der Waals surface area contributed by atoms with Crippen molar-refractivity contribution in [2.75, 3.05) is 9.80 Å². The Labute approximate surface area is 172 Å². The fourth-order valence-electron chi connectivity index (χ4n) is 4.75. The number of hydrogen-bond acceptors (Lipinski definition) is 3. The highest BCUT2D eigenvalue weighted by Crippen LogP contribution is 2.49. The van der Waals surface area contributed by atoms with Crippen molar-refractivity contribution in [1.82, 2.24) is 0 Å². The maximum absolute atomic E-state index is 5.04. The molecule has 0 amide bonds. The van der Waals surface area contributed by atoms with Gasteiger partial charge in [-0.15, -0.1) is 0 Å². The van der Waals surface area contributed by atoms with Crippen LogP contribution in [0.2, 0.25) is 0 Å². The van der Waals surface area contributed by atoms with Gasteiger partial charge in [0.05, 0.1) is 11.4 Å². The molecule has 0 radical (unpaired) electrons. The first kappa shape index (κ1) is 17.9. The van der Waals surface area contributed by atoms with Crippen molar-refractivity contribution < 1.29 is 4.58 Å². The standard InChI is InChI=1S/C25H27N4/c1-15-17(3)26-21-11-7-8-12-22(21)27-19(5)16(2)20(6)29-24-14-10-9-13-23(24)28(18(15)4)25(27)29/h7-14,25H,1-6H3/q+1/b18-15-,26-17?. The predicted octanol–water partition coefficient (Wildman–Crippen LogP) is 6.11. The van der Waals surface area contributed by atoms with Gasteiger partial charge in [-0.2, -0.15) is 4.58 Å². The maximum Gasteiger partial charge on any atom is 0.325 e. The molecule has 2 aromatic rings. The van der Waals surface area contributed by atoms with Crippen molar-refractivity contribution in [2.24, 2.45) is 4.99 Å². The molecule has 1 atom stereocenters. The second-order valence-corrected chi connectivity index (χ2v) is 8.14. The highest BCUT2D eigenvalue weighted by Gasteiger charge is 2.50. The molecule has 0 N–H and O–H groups in total. The zero-order valence-electron chi connectivity index (χ0n) is 18.0. The summed E-state index contributed by atoms with van der Waals surface area (Å²) in [6, 6.07) is 17.2. The molecule has 146 valence electrons. The predicted molar refractivity (Wildman–Crippen MR) is 122 cm³/mol. The van der Waals surface area contributed by atoms with Gasteiger partial charge in [0.2, 0.25) is 5.69 Å². The highest BCUT2D eigenvalue weighted by molar-refractivity contribution is 6.03. The average Bonchev–Trinajstić information content (AvgIpc) is 3.07. The fraction of sp³-hybridized carbons (Fsp3) is 0.280. The average molecular weight is 384 g/mol. The van der Waals surface area contributed by atoms with Crippen LogP contribution >= 0.6 is 0 Å². The van der Waals surface area contributed by atoms with E-state index in [1.54, 1.807) is 0 Å². The first-order valence-corrected chi connectivity index (χ1v) is 10.2. The van der Waals surface area contributed by atoms with E-state index in [0.29, 0.717) is 0 Å². The van der Waals surface area contributed by atoms with E-state index in [1.807, 2.05) is 0 Å². The summed E-state index contributed by atoms with van der Waals surface area (Å²) in [4.78, 5) is 10.00. The first-order valence-electron chi connectivity index (χ1n) is 10.2. The number of anilines is 2. The van der Waals surface area contributed by atoms with E-state index in [-0.39, 0.29) is 6.29 Å². The van der Waals surface area contributed by atoms with Gasteiger partial charge in [-0.1, -0.05) is 24.3 Å². The lowest BCUT2D eigenvalue weighted by Crippen LogP contribution is -2.53. The molecule has 0 aromatic heterocycles. The third-order valence-corrected chi connectivity index (χ3v) is 6.78. The summed E-state index contributed by atoms with van der Waals surface area (Å²) in [6.07, 6.45) is 0.0216. The van der Waals surface area contributed by atoms with Gasteiger partial charge in [-0.3, -0.25) is 9.80 Å². The lowest BCUT2D eigenvalue weighted by Gasteiger charge is -2.35. The van der Waals surface area contributed by atoms with Crippen LogP contribution in [-0.2, 0) is 0 Å². The molecule has 0 bridgehead atoms. The number of para-hydroxylation sites is 4. The van der Waals surface area contributed by atoms with Crippen LogP contribution in [0.25, 0.3) is 0 Å². The lowest BCUT2D eigenvalue weighted by molar-refractivity contribution is -0.481. The molecular formula is C25H27N4+. The molecule has 0 fully saturated rings. The van der Waals surface area contributed by atoms with Gasteiger partial charge < -0.3 is 0 Å². The van der Waals surface area contributed by atoms with Gasteiger partial charge >= 0.3 is 6.29 Å². The van der Waals surface area contributed by atoms with Crippen LogP contribution in [0.1, 0.15) is 41.5 Å². The Balaban J connectivity index is 1.95. The van der Waals surface area contributed by atoms with Crippen LogP contribution in [0.3, 0.4) is 0 Å². The Morgan fingerprint density at radius 3 is 1.93 bits per heavy atom. The number of nitrogens with zero attached hydrogens (tertiary/aromatic N) is 4. The maximum atomic E-state index is 5.04. The van der Waals surface area contributed by atoms with E-state index in [1.165, 1.54) is 39.6 Å². The number of rotatable bonds is 0. The molecule has 4 nitrogen and oxygen atoms in total. The highest BCUT2D eigenvalue weighted by atomic mass is 15.5. The summed E-state index contributed by atoms with van der Waals surface area (Å²) in [7, 11) is 0. The third kappa shape index (κ3) is 2.32. The Bertz CT molecular complexity index is 1180. The van der Waals surface area contributed by atoms with Crippen LogP contribution in [0.4, 0.5) is 22.7 Å². The summed E-state index contributed by atoms with van der Waals surface area (Å²) < 4.78 is 2.45. The topological polar surface area (TPSA) is 21.9 Å². The smallest absolute Gasteiger partial charge is 0.266 e. The number of fused-ring (bicyclic) bond motifs is 5. The van der Waals surface area contributed by atoms with Crippen LogP contribution in [0.15, 0.2) is 76.1 Å². The van der Waals surface area contributed by atoms with Crippen LogP contribution < -0.4 is 9.80 Å². The summed E-state index contributed by atoms with van der Waals surface area (Å²) in [5, 5.41) is 0. The Morgan fingerprint density at radius 2 is 1.28 bits per heavy atom. The number of aliphatic imine (C=N–C) groups is 1. The largest absolute Gasteiger partial charge is 0.325 e. The molecule has 3 aliphatic heterocycles. The van der Waals surface area contributed by atoms with Crippen molar-refractivity contribution in [3.8, 4) is 0 Å². The Hall–Kier alpha value is -3.14. The van der Waals surface area contributed by atoms with Gasteiger partial charge in [0, 0.05) is 35.7 Å². The van der Waals surface area contributed by atoms with Gasteiger partial charge in [0.25, 0.3) is 0 Å². The van der Waals surface area contributed by atoms with E-state index in [2.05, 4.69) is 104 Å². The molecular weight excluding hydrogens is 356 g/mol. The second-order valence-electron chi connectivity index (χ2n) is 8.14. The molecule has 0 aliphatic carbocycles. The minimum Gasteiger partial charge on any atom is -0.266 e. The molecule has 3 aliphatic rings. The quantitative estimate of drug-likeness (QED) is 0.512. The monoisotopic (exact) mass is 383 g/mol. The van der Waals surface area contributed by atoms with Crippen molar-refractivity contribution in [3.63, 3.8) is 0 Å². The summed E-state index contributed by atoms with van der Waals surface area (Å²) in [6.45, 7) is 13.2. The minimum atomic E-state index is 0.0216. The SMILES string of the molecule is CC1=Nc2ccccc2[N+]2=C(C)C(C)=C(C)N3c4ccccc4N(/C(C)=C\1C)C32. The molecule has 2 aromatic carbocycles. The van der Waals surface area contributed by atoms with Crippen LogP contribution in [0.5, 0.6) is 0 Å². The van der Waals surface area contributed by atoms with Crippen molar-refractivity contribution in [1.29, 1.82) is 0 Å². The number of hydrogen-bond donors (Lipinski definition) is 0. The zero-order chi connectivity index (χ0) is 20.4. The van der Waals surface area contributed by atoms with Crippen molar-refractivity contribution in [3.05, 3.63) is 71.1 Å². The fourth-order valence-corrected chi connectivity index (χ4v) is 4.75. The molecule has 5 rings (SSSR count). The molecule has 1 unspecified atom stereocenters. The van der Waals surface area contributed by atoms with Gasteiger partial charge in [0.15, 0.2) is 5.71 Å². The summed E-state index contributed by atoms with van der Waals surface area (Å²) in [5.74, 6) is 0. The molecule has 4 heteroatoms. The Morgan fingerprint density at radius 1 is 0.724 bits per heavy atom. The van der Waals surface area contributed by atoms with E-state index >= 15 is 0 Å². The Kier molecular flexibility index (Phi) is 3.82. The van der Waals surface area contributed by atoms with Crippen molar-refractivity contribution in [2.45, 2.75) is 47.8 Å². The lowest BCUT2D eigenvalue weighted by atomic mass is 10.1. The molecule has 0 spiro atoms. The van der Waals surface area contributed by atoms with E-state index in [4.69, 9.17) is 4.99 Å². The van der Waals surface area contributed by atoms with Gasteiger partial charge in [-0.25, -0.2) is 4.99 Å². The van der Waals surface area contributed by atoms with Crippen LogP contribution in [-0.4, -0.2) is 22.3 Å². The zero-order valence-corrected chi connectivity index (χ0v) is 18.0. The van der Waals surface area contributed by atoms with Crippen LogP contribution in [0, 0.1) is 0 Å². The van der Waals surface area contributed by atoms with E-state index in [0.717, 1.165) is 17.1 Å². The first-order chi connectivity index (χ1) is 13.9. The molecule has 0 saturated carbocycles. The molecule has 3 heterocycles. The number of benzene rings is 2. The molecule has 29 heavy (non-hydrogen) atoms. The third-order valence-electron chi connectivity index (χ3n) is 6.78. The van der Waals surface area contributed by atoms with E-state index < -0.39 is 0 Å². The second kappa shape index (κ2) is 6.18. The van der Waals surface area contributed by atoms with E-state index in [9.17, 15) is 0 Å². The summed E-state index contributed by atoms with van der Waals surface area (Å²) in [5.41, 5.74) is 12.1. The van der Waals surface area contributed by atoms with Gasteiger partial charge in [-0.05, 0) is 58.4 Å². The van der Waals surface area contributed by atoms with Gasteiger partial charge in [0.1, 0.15) is 5.69 Å². The molecule has 0 saturated heterocycles. The normalized spacial score (nSPS) is 23.2. The van der Waals surface area contributed by atoms with Crippen molar-refractivity contribution >= 4 is 34.2 Å². The summed E-state index contributed by atoms with van der Waals surface area (Å²) >= 11 is 0. The number of allylic oxidation sites excluding steroid dienone is 4.